The Bertz CT molecular complexity index is 334. The SMILES string of the molecule is Cc1ccc(N[C@@H]2CCCSC2)cc1Cl. The van der Waals surface area contributed by atoms with Crippen LogP contribution < -0.4 is 5.32 Å². The number of benzene rings is 1. The molecule has 1 saturated heterocycles. The van der Waals surface area contributed by atoms with Crippen molar-refractivity contribution in [2.45, 2.75) is 25.8 Å². The van der Waals surface area contributed by atoms with Crippen LogP contribution in [0.15, 0.2) is 18.2 Å². The van der Waals surface area contributed by atoms with Gasteiger partial charge in [-0.05, 0) is 43.2 Å². The lowest BCUT2D eigenvalue weighted by atomic mass is 10.1. The van der Waals surface area contributed by atoms with Crippen LogP contribution in [0.2, 0.25) is 5.02 Å². The fourth-order valence-electron chi connectivity index (χ4n) is 1.77. The number of nitrogens with one attached hydrogen (secondary N) is 1. The largest absolute Gasteiger partial charge is 0.381 e. The van der Waals surface area contributed by atoms with Crippen molar-refractivity contribution in [1.29, 1.82) is 0 Å². The third-order valence-electron chi connectivity index (χ3n) is 2.70. The quantitative estimate of drug-likeness (QED) is 0.841. The molecule has 1 N–H and O–H groups in total. The van der Waals surface area contributed by atoms with E-state index in [2.05, 4.69) is 17.4 Å². The molecule has 0 amide bonds. The van der Waals surface area contributed by atoms with Crippen molar-refractivity contribution < 1.29 is 0 Å². The molecule has 0 spiro atoms. The van der Waals surface area contributed by atoms with Crippen molar-refractivity contribution in [1.82, 2.24) is 0 Å². The van der Waals surface area contributed by atoms with Gasteiger partial charge in [-0.25, -0.2) is 0 Å². The molecule has 1 aliphatic heterocycles. The van der Waals surface area contributed by atoms with E-state index in [0.29, 0.717) is 6.04 Å². The average molecular weight is 242 g/mol. The molecule has 1 fully saturated rings. The highest BCUT2D eigenvalue weighted by molar-refractivity contribution is 7.99. The molecule has 0 unspecified atom stereocenters. The second kappa shape index (κ2) is 5.13. The van der Waals surface area contributed by atoms with E-state index in [1.165, 1.54) is 24.3 Å². The number of aryl methyl sites for hydroxylation is 1. The minimum Gasteiger partial charge on any atom is -0.381 e. The highest BCUT2D eigenvalue weighted by Gasteiger charge is 2.13. The topological polar surface area (TPSA) is 12.0 Å². The first-order chi connectivity index (χ1) is 7.25. The van der Waals surface area contributed by atoms with Crippen LogP contribution in [0.25, 0.3) is 0 Å². The molecule has 1 heterocycles. The van der Waals surface area contributed by atoms with Crippen LogP contribution in [-0.4, -0.2) is 17.5 Å². The van der Waals surface area contributed by atoms with Gasteiger partial charge in [-0.15, -0.1) is 0 Å². The number of hydrogen-bond donors (Lipinski definition) is 1. The Kier molecular flexibility index (Phi) is 3.81. The van der Waals surface area contributed by atoms with Crippen molar-refractivity contribution in [2.75, 3.05) is 16.8 Å². The van der Waals surface area contributed by atoms with Crippen LogP contribution in [0.4, 0.5) is 5.69 Å². The predicted octanol–water partition coefficient (Wildman–Crippen LogP) is 3.96. The van der Waals surface area contributed by atoms with Gasteiger partial charge in [0.15, 0.2) is 0 Å². The Balaban J connectivity index is 2.00. The summed E-state index contributed by atoms with van der Waals surface area (Å²) in [5.41, 5.74) is 2.29. The van der Waals surface area contributed by atoms with Gasteiger partial charge in [0.2, 0.25) is 0 Å². The number of anilines is 1. The molecule has 0 aliphatic carbocycles. The summed E-state index contributed by atoms with van der Waals surface area (Å²) in [6, 6.07) is 6.82. The first-order valence-electron chi connectivity index (χ1n) is 5.36. The lowest BCUT2D eigenvalue weighted by Crippen LogP contribution is -2.25. The number of thioether (sulfide) groups is 1. The maximum absolute atomic E-state index is 6.09. The zero-order valence-electron chi connectivity index (χ0n) is 8.92. The molecule has 1 aliphatic rings. The summed E-state index contributed by atoms with van der Waals surface area (Å²) in [4.78, 5) is 0. The lowest BCUT2D eigenvalue weighted by Gasteiger charge is -2.23. The Morgan fingerprint density at radius 3 is 3.00 bits per heavy atom. The van der Waals surface area contributed by atoms with E-state index in [1.54, 1.807) is 0 Å². The molecule has 82 valence electrons. The first-order valence-corrected chi connectivity index (χ1v) is 6.89. The van der Waals surface area contributed by atoms with Crippen molar-refractivity contribution in [3.63, 3.8) is 0 Å². The zero-order valence-corrected chi connectivity index (χ0v) is 10.5. The molecule has 0 aromatic heterocycles. The molecule has 1 nitrogen and oxygen atoms in total. The van der Waals surface area contributed by atoms with Crippen LogP contribution in [0.1, 0.15) is 18.4 Å². The fraction of sp³-hybridized carbons (Fsp3) is 0.500. The van der Waals surface area contributed by atoms with Crippen LogP contribution in [0.3, 0.4) is 0 Å². The highest BCUT2D eigenvalue weighted by atomic mass is 35.5. The molecule has 2 rings (SSSR count). The van der Waals surface area contributed by atoms with E-state index >= 15 is 0 Å². The van der Waals surface area contributed by atoms with E-state index in [-0.39, 0.29) is 0 Å². The molecule has 0 saturated carbocycles. The van der Waals surface area contributed by atoms with E-state index in [4.69, 9.17) is 11.6 Å². The van der Waals surface area contributed by atoms with Gasteiger partial charge in [-0.2, -0.15) is 11.8 Å². The smallest absolute Gasteiger partial charge is 0.0455 e. The summed E-state index contributed by atoms with van der Waals surface area (Å²) in [6.07, 6.45) is 2.60. The van der Waals surface area contributed by atoms with Crippen LogP contribution in [0.5, 0.6) is 0 Å². The monoisotopic (exact) mass is 241 g/mol. The Morgan fingerprint density at radius 2 is 2.33 bits per heavy atom. The van der Waals surface area contributed by atoms with Crippen LogP contribution in [-0.2, 0) is 0 Å². The van der Waals surface area contributed by atoms with Gasteiger partial charge in [0, 0.05) is 22.5 Å². The molecular weight excluding hydrogens is 226 g/mol. The molecule has 1 aromatic carbocycles. The minimum absolute atomic E-state index is 0.613. The summed E-state index contributed by atoms with van der Waals surface area (Å²) in [5.74, 6) is 2.53. The average Bonchev–Trinajstić information content (AvgIpc) is 2.25. The van der Waals surface area contributed by atoms with Crippen molar-refractivity contribution >= 4 is 29.1 Å². The van der Waals surface area contributed by atoms with Gasteiger partial charge in [0.25, 0.3) is 0 Å². The van der Waals surface area contributed by atoms with Gasteiger partial charge in [-0.1, -0.05) is 17.7 Å². The summed E-state index contributed by atoms with van der Waals surface area (Å²) >= 11 is 8.12. The third kappa shape index (κ3) is 3.05. The van der Waals surface area contributed by atoms with Gasteiger partial charge < -0.3 is 5.32 Å². The molecule has 1 aromatic rings. The van der Waals surface area contributed by atoms with E-state index < -0.39 is 0 Å². The van der Waals surface area contributed by atoms with Crippen LogP contribution in [0, 0.1) is 6.92 Å². The maximum Gasteiger partial charge on any atom is 0.0455 e. The molecule has 1 atom stereocenters. The predicted molar refractivity (Wildman–Crippen MR) is 70.2 cm³/mol. The molecule has 3 heteroatoms. The second-order valence-corrected chi connectivity index (χ2v) is 5.58. The van der Waals surface area contributed by atoms with Gasteiger partial charge >= 0.3 is 0 Å². The molecule has 15 heavy (non-hydrogen) atoms. The summed E-state index contributed by atoms with van der Waals surface area (Å²) in [6.45, 7) is 2.03. The van der Waals surface area contributed by atoms with Gasteiger partial charge in [0.1, 0.15) is 0 Å². The Morgan fingerprint density at radius 1 is 1.47 bits per heavy atom. The standard InChI is InChI=1S/C12H16ClNS/c1-9-4-5-10(7-12(9)13)14-11-3-2-6-15-8-11/h4-5,7,11,14H,2-3,6,8H2,1H3/t11-/m1/s1. The molecule has 0 bridgehead atoms. The van der Waals surface area contributed by atoms with E-state index in [0.717, 1.165) is 16.3 Å². The van der Waals surface area contributed by atoms with Crippen molar-refractivity contribution in [2.24, 2.45) is 0 Å². The zero-order chi connectivity index (χ0) is 10.7. The van der Waals surface area contributed by atoms with Crippen LogP contribution >= 0.6 is 23.4 Å². The normalized spacial score (nSPS) is 21.3. The molecular formula is C12H16ClNS. The summed E-state index contributed by atoms with van der Waals surface area (Å²) < 4.78 is 0. The third-order valence-corrected chi connectivity index (χ3v) is 4.33. The second-order valence-electron chi connectivity index (χ2n) is 4.02. The number of halogens is 1. The molecule has 0 radical (unpaired) electrons. The van der Waals surface area contributed by atoms with E-state index in [1.807, 2.05) is 24.8 Å². The fourth-order valence-corrected chi connectivity index (χ4v) is 3.03. The Labute approximate surface area is 101 Å². The highest BCUT2D eigenvalue weighted by Crippen LogP contribution is 2.24. The van der Waals surface area contributed by atoms with Crippen molar-refractivity contribution in [3.8, 4) is 0 Å². The minimum atomic E-state index is 0.613. The van der Waals surface area contributed by atoms with Gasteiger partial charge in [-0.3, -0.25) is 0 Å². The first kappa shape index (κ1) is 11.2. The summed E-state index contributed by atoms with van der Waals surface area (Å²) in [5, 5.41) is 4.39. The lowest BCUT2D eigenvalue weighted by molar-refractivity contribution is 0.685. The maximum atomic E-state index is 6.09. The van der Waals surface area contributed by atoms with Crippen molar-refractivity contribution in [3.05, 3.63) is 28.8 Å². The van der Waals surface area contributed by atoms with E-state index in [9.17, 15) is 0 Å². The Hall–Kier alpha value is -0.340. The number of hydrogen-bond acceptors (Lipinski definition) is 2. The summed E-state index contributed by atoms with van der Waals surface area (Å²) in [7, 11) is 0. The number of rotatable bonds is 2. The van der Waals surface area contributed by atoms with Gasteiger partial charge in [0.05, 0.1) is 0 Å².